The summed E-state index contributed by atoms with van der Waals surface area (Å²) >= 11 is 0. The van der Waals surface area contributed by atoms with E-state index < -0.39 is 0 Å². The molecule has 0 radical (unpaired) electrons. The highest BCUT2D eigenvalue weighted by Gasteiger charge is 2.48. The molecule has 0 saturated carbocycles. The molecule has 18 rings (SSSR count). The third-order valence-corrected chi connectivity index (χ3v) is 18.9. The Morgan fingerprint density at radius 1 is 0.323 bits per heavy atom. The topological polar surface area (TPSA) is 120 Å². The second-order valence-electron chi connectivity index (χ2n) is 24.5. The fourth-order valence-corrected chi connectivity index (χ4v) is 15.0. The zero-order valence-corrected chi connectivity index (χ0v) is 53.4. The van der Waals surface area contributed by atoms with Gasteiger partial charge in [-0.05, 0) is 139 Å². The third kappa shape index (κ3) is 9.14. The van der Waals surface area contributed by atoms with E-state index in [1.54, 1.807) is 12.4 Å². The standard InChI is InChI=1S/2C25H23BN4O.C24H22BN5O/c1-17-16-21-20-12-7-8-14-23(20)31-24(21)26(3)30(17)29-18(2)28(19-10-5-4-6-11-19)25-22(29)13-9-15-27-25;1-17-16-21-20-12-7-8-14-23(20)31-24(21)26(3)30(17)29-18(2)28(19-10-5-4-6-11-19)22-13-9-15-27-25(22)29;1-16-15-20-19-11-7-8-12-21(19)31-22(20)25(3)30(16)29-17(2)28(18-9-5-4-6-10-18)23-24(29)27-14-13-26-23/h2*4-16,18H,1-3H3;4-15,17H,1-3H3/t2*18-;17-/m000/s1. The third-order valence-electron chi connectivity index (χ3n) is 18.9. The highest BCUT2D eigenvalue weighted by molar-refractivity contribution is 6.71. The lowest BCUT2D eigenvalue weighted by Gasteiger charge is -2.44. The molecule has 12 aromatic rings. The number of para-hydroxylation sites is 6. The van der Waals surface area contributed by atoms with E-state index in [0.29, 0.717) is 0 Å². The molecule has 0 N–H and O–H groups in total. The summed E-state index contributed by atoms with van der Waals surface area (Å²) in [5, 5.41) is 10.4. The van der Waals surface area contributed by atoms with Gasteiger partial charge in [0.05, 0.1) is 5.69 Å². The SMILES string of the molecule is CB1c2oc3ccccc3c2C=C(C)N1N1c2cccnc2N(c2ccccc2)[C@@H]1C.CB1c2oc3ccccc3c2C=C(C)N1N1c2ncccc2N(c2ccccc2)[C@@H]1C.CB1c2oc3ccccc3c2C=C(C)N1N1c2nccnc2N(c2ccccc2)[C@@H]1C. The van der Waals surface area contributed by atoms with Gasteiger partial charge >= 0.3 is 20.5 Å². The van der Waals surface area contributed by atoms with E-state index in [1.165, 1.54) is 38.9 Å². The summed E-state index contributed by atoms with van der Waals surface area (Å²) in [5.74, 6) is 3.63. The largest absolute Gasteiger partial charge is 0.468 e. The number of aromatic nitrogens is 4. The minimum Gasteiger partial charge on any atom is -0.468 e. The smallest absolute Gasteiger partial charge is 0.353 e. The van der Waals surface area contributed by atoms with Gasteiger partial charge in [-0.15, -0.1) is 0 Å². The van der Waals surface area contributed by atoms with E-state index >= 15 is 0 Å². The van der Waals surface area contributed by atoms with E-state index in [1.807, 2.05) is 73.1 Å². The van der Waals surface area contributed by atoms with Gasteiger partial charge in [0, 0.05) is 91.8 Å². The predicted molar refractivity (Wildman–Crippen MR) is 381 cm³/mol. The number of pyridine rings is 2. The Labute approximate surface area is 542 Å². The molecule has 3 atom stereocenters. The monoisotopic (exact) mass is 1220 g/mol. The molecule has 0 aliphatic carbocycles. The number of nitrogens with zero attached hydrogens (tertiary/aromatic N) is 13. The minimum atomic E-state index is -0.00321. The maximum Gasteiger partial charge on any atom is 0.353 e. The zero-order chi connectivity index (χ0) is 63.3. The van der Waals surface area contributed by atoms with Crippen molar-refractivity contribution in [3.63, 3.8) is 0 Å². The molecule has 0 bridgehead atoms. The van der Waals surface area contributed by atoms with Gasteiger partial charge < -0.3 is 42.7 Å². The molecular weight excluding hydrogens is 1150 g/mol. The molecule has 0 saturated heterocycles. The summed E-state index contributed by atoms with van der Waals surface area (Å²) in [6, 6.07) is 64.4. The van der Waals surface area contributed by atoms with Gasteiger partial charge in [0.1, 0.15) is 57.9 Å². The highest BCUT2D eigenvalue weighted by atomic mass is 16.3. The Hall–Kier alpha value is -11.1. The molecule has 0 fully saturated rings. The summed E-state index contributed by atoms with van der Waals surface area (Å²) in [5.41, 5.74) is 18.4. The maximum absolute atomic E-state index is 6.33. The average Bonchev–Trinajstić information content (AvgIpc) is 1.63. The van der Waals surface area contributed by atoms with Crippen molar-refractivity contribution in [3.8, 4) is 0 Å². The van der Waals surface area contributed by atoms with Crippen molar-refractivity contribution >= 4 is 140 Å². The summed E-state index contributed by atoms with van der Waals surface area (Å²) in [7, 11) is 0. The van der Waals surface area contributed by atoms with Crippen LogP contribution < -0.4 is 46.7 Å². The van der Waals surface area contributed by atoms with Crippen LogP contribution in [0.15, 0.2) is 243 Å². The first-order valence-corrected chi connectivity index (χ1v) is 32.0. The normalized spacial score (nSPS) is 17.8. The van der Waals surface area contributed by atoms with Gasteiger partial charge in [-0.25, -0.2) is 19.9 Å². The molecule has 0 unspecified atom stereocenters. The molecule has 19 heteroatoms. The number of furan rings is 3. The van der Waals surface area contributed by atoms with Crippen LogP contribution in [0.2, 0.25) is 20.5 Å². The van der Waals surface area contributed by atoms with E-state index in [9.17, 15) is 0 Å². The Balaban J connectivity index is 0.000000111. The molecule has 456 valence electrons. The van der Waals surface area contributed by atoms with Crippen LogP contribution in [0.3, 0.4) is 0 Å². The quantitative estimate of drug-likeness (QED) is 0.147. The van der Waals surface area contributed by atoms with Crippen LogP contribution in [0.25, 0.3) is 51.1 Å². The van der Waals surface area contributed by atoms with E-state index in [4.69, 9.17) is 33.2 Å². The molecule has 12 heterocycles. The van der Waals surface area contributed by atoms with Gasteiger partial charge in [0.25, 0.3) is 0 Å². The summed E-state index contributed by atoms with van der Waals surface area (Å²) in [4.78, 5) is 32.8. The number of anilines is 9. The molecule has 0 spiro atoms. The molecule has 0 amide bonds. The van der Waals surface area contributed by atoms with Crippen molar-refractivity contribution in [1.82, 2.24) is 34.7 Å². The van der Waals surface area contributed by atoms with Gasteiger partial charge in [-0.2, -0.15) is 0 Å². The second kappa shape index (κ2) is 22.7. The van der Waals surface area contributed by atoms with Crippen LogP contribution in [-0.2, 0) is 0 Å². The van der Waals surface area contributed by atoms with Crippen LogP contribution in [0.1, 0.15) is 58.2 Å². The number of benzene rings is 6. The molecule has 93 heavy (non-hydrogen) atoms. The van der Waals surface area contributed by atoms with Crippen LogP contribution in [0.5, 0.6) is 0 Å². The van der Waals surface area contributed by atoms with Crippen LogP contribution in [-0.4, -0.2) is 73.7 Å². The lowest BCUT2D eigenvalue weighted by Crippen LogP contribution is -2.59. The predicted octanol–water partition coefficient (Wildman–Crippen LogP) is 15.2. The number of hydrogen-bond donors (Lipinski definition) is 0. The van der Waals surface area contributed by atoms with Gasteiger partial charge in [-0.1, -0.05) is 130 Å². The van der Waals surface area contributed by atoms with Crippen LogP contribution in [0.4, 0.5) is 51.7 Å². The van der Waals surface area contributed by atoms with Gasteiger partial charge in [0.2, 0.25) is 0 Å². The Bertz CT molecular complexity index is 4440. The fourth-order valence-electron chi connectivity index (χ4n) is 15.0. The zero-order valence-electron chi connectivity index (χ0n) is 53.4. The number of allylic oxidation sites excluding steroid dienone is 3. The summed E-state index contributed by atoms with van der Waals surface area (Å²) in [6.45, 7) is 19.8. The van der Waals surface area contributed by atoms with Crippen molar-refractivity contribution < 1.29 is 13.3 Å². The Kier molecular flexibility index (Phi) is 13.9. The minimum absolute atomic E-state index is 0.00321. The lowest BCUT2D eigenvalue weighted by molar-refractivity contribution is 0.436. The van der Waals surface area contributed by atoms with Crippen molar-refractivity contribution in [1.29, 1.82) is 0 Å². The van der Waals surface area contributed by atoms with Crippen molar-refractivity contribution in [2.24, 2.45) is 0 Å². The van der Waals surface area contributed by atoms with Gasteiger partial charge in [0.15, 0.2) is 23.3 Å². The number of hydrazine groups is 3. The van der Waals surface area contributed by atoms with Crippen LogP contribution >= 0.6 is 0 Å². The number of rotatable bonds is 6. The lowest BCUT2D eigenvalue weighted by atomic mass is 9.58. The maximum atomic E-state index is 6.33. The average molecular weight is 1220 g/mol. The summed E-state index contributed by atoms with van der Waals surface area (Å²) < 4.78 is 19.0. The Morgan fingerprint density at radius 3 is 1.12 bits per heavy atom. The number of hydrogen-bond acceptors (Lipinski definition) is 16. The molecule has 6 aromatic carbocycles. The highest BCUT2D eigenvalue weighted by Crippen LogP contribution is 2.48. The van der Waals surface area contributed by atoms with Crippen molar-refractivity contribution in [2.45, 2.75) is 80.5 Å². The van der Waals surface area contributed by atoms with E-state index in [0.717, 1.165) is 96.5 Å². The van der Waals surface area contributed by atoms with Crippen molar-refractivity contribution in [3.05, 3.63) is 247 Å². The second-order valence-corrected chi connectivity index (χ2v) is 24.5. The molecule has 6 aliphatic rings. The molecule has 16 nitrogen and oxygen atoms in total. The molecular formula is C74H68B3N13O3. The molecule has 6 aromatic heterocycles. The van der Waals surface area contributed by atoms with E-state index in [-0.39, 0.29) is 39.0 Å². The fraction of sp³-hybridized carbons (Fsp3) is 0.162. The van der Waals surface area contributed by atoms with Crippen molar-refractivity contribution in [2.75, 3.05) is 29.7 Å². The first-order valence-electron chi connectivity index (χ1n) is 32.0. The van der Waals surface area contributed by atoms with Crippen LogP contribution in [0, 0.1) is 0 Å². The Morgan fingerprint density at radius 2 is 0.656 bits per heavy atom. The van der Waals surface area contributed by atoms with Gasteiger partial charge in [-0.3, -0.25) is 15.0 Å². The first kappa shape index (κ1) is 57.1. The van der Waals surface area contributed by atoms with E-state index in [2.05, 4.69) is 252 Å². The number of fused-ring (bicyclic) bond motifs is 12. The first-order chi connectivity index (χ1) is 45.4. The summed E-state index contributed by atoms with van der Waals surface area (Å²) in [6.07, 6.45) is 14.1. The molecule has 6 aliphatic heterocycles.